The fourth-order valence-electron chi connectivity index (χ4n) is 12.2. The van der Waals surface area contributed by atoms with Crippen molar-refractivity contribution < 1.29 is 73.2 Å². The van der Waals surface area contributed by atoms with Crippen molar-refractivity contribution in [2.75, 3.05) is 40.8 Å². The first-order valence-corrected chi connectivity index (χ1v) is 37.4. The minimum atomic E-state index is -0.472. The van der Waals surface area contributed by atoms with Crippen molar-refractivity contribution >= 4 is 90.3 Å². The first-order chi connectivity index (χ1) is 57.9. The van der Waals surface area contributed by atoms with Crippen LogP contribution in [0.1, 0.15) is 62.9 Å². The Morgan fingerprint density at radius 3 is 1.03 bits per heavy atom. The number of phenols is 5. The molecular formula is C99H81N5O15. The molecule has 0 radical (unpaired) electrons. The van der Waals surface area contributed by atoms with Crippen LogP contribution in [0.3, 0.4) is 0 Å². The van der Waals surface area contributed by atoms with Crippen molar-refractivity contribution in [3.63, 3.8) is 0 Å². The summed E-state index contributed by atoms with van der Waals surface area (Å²) >= 11 is 0. The zero-order valence-electron chi connectivity index (χ0n) is 64.9. The lowest BCUT2D eigenvalue weighted by Crippen LogP contribution is -2.13. The van der Waals surface area contributed by atoms with E-state index in [0.29, 0.717) is 90.8 Å². The van der Waals surface area contributed by atoms with E-state index >= 15 is 0 Å². The van der Waals surface area contributed by atoms with Crippen LogP contribution in [0.4, 0.5) is 28.4 Å². The standard InChI is InChI=1S/C23H17NO3.2C20H17NO3.C19H17NO3.C17H13NO3/c25-22-18-11-5-4-8-16(18)14-15-19(22)23(26)24-20-12-6-7-13-21(20)27-17-9-2-1-3-10-17;1-23-18-13-7-5-11-16(18)20(22)21-17-12-6-8-14-19(17)24-15-9-3-2-4-10-15;1-14-11-12-16(18(22)13-14)20(23)21-17-9-5-6-10-19(17)24-15-7-3-2-4-8-15;1-12-7-10-17(23-2)16(11-12)20-19(22)15-9-8-13-5-3-4-6-14(13)18(15)21;19-15-8-4-3-7-14(15)18-17(21)13-9-11-5-1-2-6-12(11)10-16(13)20/h1-15,25H,(H,24,26);2-14H,1H3,(H,21,22);2-13,22H,1H3,(H,21,23);3-11,21H,1-2H3,(H,20,22);1-10,19-20H,(H,18,21). The van der Waals surface area contributed by atoms with Crippen LogP contribution < -0.4 is 50.3 Å². The number of phenolic OH excluding ortho intramolecular Hbond substituents is 5. The second-order valence-electron chi connectivity index (χ2n) is 26.5. The van der Waals surface area contributed by atoms with E-state index in [0.717, 1.165) is 32.7 Å². The zero-order chi connectivity index (χ0) is 83.6. The number of amides is 5. The summed E-state index contributed by atoms with van der Waals surface area (Å²) in [6.45, 7) is 3.78. The molecule has 16 rings (SSSR count). The number of ether oxygens (including phenoxy) is 5. The van der Waals surface area contributed by atoms with Crippen LogP contribution in [0.5, 0.6) is 74.7 Å². The van der Waals surface area contributed by atoms with E-state index in [9.17, 15) is 49.5 Å². The number of fused-ring (bicyclic) bond motifs is 3. The number of nitrogens with one attached hydrogen (secondary N) is 5. The van der Waals surface area contributed by atoms with Crippen molar-refractivity contribution in [1.82, 2.24) is 0 Å². The van der Waals surface area contributed by atoms with Gasteiger partial charge in [-0.1, -0.05) is 212 Å². The van der Waals surface area contributed by atoms with Crippen LogP contribution >= 0.6 is 0 Å². The van der Waals surface area contributed by atoms with Gasteiger partial charge in [0.05, 0.1) is 70.5 Å². The molecule has 0 unspecified atom stereocenters. The van der Waals surface area contributed by atoms with E-state index in [1.165, 1.54) is 6.07 Å². The average Bonchev–Trinajstić information content (AvgIpc) is 0.809. The molecule has 592 valence electrons. The topological polar surface area (TPSA) is 293 Å². The van der Waals surface area contributed by atoms with Gasteiger partial charge in [-0.15, -0.1) is 0 Å². The number of methoxy groups -OCH3 is 2. The van der Waals surface area contributed by atoms with Gasteiger partial charge in [0.2, 0.25) is 0 Å². The van der Waals surface area contributed by atoms with Crippen LogP contribution in [-0.4, -0.2) is 69.3 Å². The lowest BCUT2D eigenvalue weighted by atomic mass is 10.0. The summed E-state index contributed by atoms with van der Waals surface area (Å²) in [5.74, 6) is 2.67. The zero-order valence-corrected chi connectivity index (χ0v) is 64.9. The molecule has 0 bridgehead atoms. The lowest BCUT2D eigenvalue weighted by molar-refractivity contribution is 0.101. The molecule has 0 aliphatic rings. The molecule has 5 amide bonds. The highest BCUT2D eigenvalue weighted by atomic mass is 16.5. The summed E-state index contributed by atoms with van der Waals surface area (Å²) in [6, 6.07) is 106. The number of hydrogen-bond donors (Lipinski definition) is 10. The monoisotopic (exact) mass is 1580 g/mol. The van der Waals surface area contributed by atoms with Crippen LogP contribution in [0.25, 0.3) is 32.3 Å². The molecule has 0 heterocycles. The molecule has 10 N–H and O–H groups in total. The molecule has 20 heteroatoms. The Morgan fingerprint density at radius 1 is 0.235 bits per heavy atom. The van der Waals surface area contributed by atoms with Gasteiger partial charge in [-0.25, -0.2) is 0 Å². The Kier molecular flexibility index (Phi) is 27.5. The predicted octanol–water partition coefficient (Wildman–Crippen LogP) is 22.7. The maximum atomic E-state index is 12.8. The summed E-state index contributed by atoms with van der Waals surface area (Å²) in [5.41, 5.74) is 5.71. The number of carbonyl (C=O) groups excluding carboxylic acids is 5. The Bertz CT molecular complexity index is 6270. The molecule has 16 aromatic carbocycles. The van der Waals surface area contributed by atoms with Gasteiger partial charge >= 0.3 is 0 Å². The van der Waals surface area contributed by atoms with E-state index in [1.807, 2.05) is 238 Å². The van der Waals surface area contributed by atoms with E-state index in [1.54, 1.807) is 142 Å². The summed E-state index contributed by atoms with van der Waals surface area (Å²) < 4.78 is 28.0. The van der Waals surface area contributed by atoms with Crippen LogP contribution in [-0.2, 0) is 0 Å². The quantitative estimate of drug-likeness (QED) is 0.0357. The molecule has 16 aromatic rings. The highest BCUT2D eigenvalue weighted by Crippen LogP contribution is 2.38. The molecule has 0 aliphatic carbocycles. The van der Waals surface area contributed by atoms with E-state index in [4.69, 9.17) is 23.7 Å². The maximum Gasteiger partial charge on any atom is 0.259 e. The van der Waals surface area contributed by atoms with Gasteiger partial charge in [-0.3, -0.25) is 24.0 Å². The number of para-hydroxylation sites is 12. The molecule has 0 aromatic heterocycles. The second-order valence-corrected chi connectivity index (χ2v) is 26.5. The van der Waals surface area contributed by atoms with Gasteiger partial charge < -0.3 is 75.8 Å². The number of anilines is 5. The Hall–Kier alpha value is -16.4. The average molecular weight is 1580 g/mol. The Balaban J connectivity index is 0.000000137. The van der Waals surface area contributed by atoms with E-state index < -0.39 is 17.7 Å². The Labute approximate surface area is 686 Å². The number of aromatic hydroxyl groups is 5. The summed E-state index contributed by atoms with van der Waals surface area (Å²) in [5, 5.41) is 69.2. The normalized spacial score (nSPS) is 10.4. The first kappa shape index (κ1) is 82.1. The van der Waals surface area contributed by atoms with Crippen molar-refractivity contribution in [3.8, 4) is 74.7 Å². The molecule has 119 heavy (non-hydrogen) atoms. The first-order valence-electron chi connectivity index (χ1n) is 37.4. The van der Waals surface area contributed by atoms with Crippen molar-refractivity contribution in [1.29, 1.82) is 0 Å². The lowest BCUT2D eigenvalue weighted by Gasteiger charge is -2.13. The third kappa shape index (κ3) is 21.7. The summed E-state index contributed by atoms with van der Waals surface area (Å²) in [7, 11) is 3.09. The second kappa shape index (κ2) is 39.9. The highest BCUT2D eigenvalue weighted by molar-refractivity contribution is 6.13. The van der Waals surface area contributed by atoms with Crippen molar-refractivity contribution in [2.24, 2.45) is 0 Å². The summed E-state index contributed by atoms with van der Waals surface area (Å²) in [4.78, 5) is 62.5. The SMILES string of the molecule is COc1ccc(C)cc1NC(=O)c1ccc2ccccc2c1O.COc1ccccc1C(=O)Nc1ccccc1Oc1ccccc1.Cc1ccc(C(=O)Nc2ccccc2Oc2ccccc2)c(O)c1.O=C(Nc1ccccc1O)c1cc2ccccc2cc1O.O=C(Nc1ccccc1Oc1ccccc1)c1ccc2ccccc2c1O. The number of hydrogen-bond acceptors (Lipinski definition) is 15. The third-order valence-corrected chi connectivity index (χ3v) is 18.2. The van der Waals surface area contributed by atoms with Crippen LogP contribution in [0.15, 0.2) is 358 Å². The van der Waals surface area contributed by atoms with E-state index in [2.05, 4.69) is 26.6 Å². The number of benzene rings is 16. The predicted molar refractivity (Wildman–Crippen MR) is 467 cm³/mol. The van der Waals surface area contributed by atoms with Gasteiger partial charge in [0.1, 0.15) is 57.5 Å². The fourth-order valence-corrected chi connectivity index (χ4v) is 12.2. The Morgan fingerprint density at radius 2 is 0.563 bits per heavy atom. The smallest absolute Gasteiger partial charge is 0.259 e. The number of aryl methyl sites for hydroxylation is 2. The number of rotatable bonds is 18. The largest absolute Gasteiger partial charge is 0.507 e. The van der Waals surface area contributed by atoms with Gasteiger partial charge in [-0.2, -0.15) is 0 Å². The molecule has 0 fully saturated rings. The molecule has 20 nitrogen and oxygen atoms in total. The third-order valence-electron chi connectivity index (χ3n) is 18.2. The molecule has 0 saturated carbocycles. The van der Waals surface area contributed by atoms with Crippen LogP contribution in [0, 0.1) is 13.8 Å². The van der Waals surface area contributed by atoms with Gasteiger partial charge in [0, 0.05) is 10.8 Å². The molecular weight excluding hydrogens is 1500 g/mol. The van der Waals surface area contributed by atoms with Gasteiger partial charge in [0.25, 0.3) is 29.5 Å². The molecule has 0 aliphatic heterocycles. The van der Waals surface area contributed by atoms with E-state index in [-0.39, 0.29) is 62.8 Å². The molecule has 0 spiro atoms. The van der Waals surface area contributed by atoms with Crippen molar-refractivity contribution in [3.05, 3.63) is 397 Å². The maximum absolute atomic E-state index is 12.8. The van der Waals surface area contributed by atoms with Crippen LogP contribution in [0.2, 0.25) is 0 Å². The summed E-state index contributed by atoms with van der Waals surface area (Å²) in [6.07, 6.45) is 0. The van der Waals surface area contributed by atoms with Gasteiger partial charge in [-0.05, 0) is 192 Å². The minimum absolute atomic E-state index is 0.0211. The minimum Gasteiger partial charge on any atom is -0.507 e. The highest BCUT2D eigenvalue weighted by Gasteiger charge is 2.21. The molecule has 0 saturated heterocycles. The fraction of sp³-hybridized carbons (Fsp3) is 0.0404. The number of carbonyl (C=O) groups is 5. The van der Waals surface area contributed by atoms with Gasteiger partial charge in [0.15, 0.2) is 17.2 Å². The molecule has 0 atom stereocenters. The van der Waals surface area contributed by atoms with Crippen molar-refractivity contribution in [2.45, 2.75) is 13.8 Å².